The molecule has 1 aliphatic heterocycles. The minimum Gasteiger partial charge on any atom is -0.355 e. The van der Waals surface area contributed by atoms with Crippen LogP contribution >= 0.6 is 0 Å². The van der Waals surface area contributed by atoms with E-state index in [1.165, 1.54) is 0 Å². The number of nitrogens with one attached hydrogen (secondary N) is 2. The molecule has 4 nitrogen and oxygen atoms in total. The highest BCUT2D eigenvalue weighted by atomic mass is 16.2. The number of nitrogens with zero attached hydrogens (tertiary/aromatic N) is 1. The van der Waals surface area contributed by atoms with Crippen LogP contribution in [0, 0.1) is 0 Å². The lowest BCUT2D eigenvalue weighted by molar-refractivity contribution is -0.124. The molecule has 1 atom stereocenters. The van der Waals surface area contributed by atoms with Crippen molar-refractivity contribution in [3.8, 4) is 0 Å². The predicted molar refractivity (Wildman–Crippen MR) is 62.0 cm³/mol. The van der Waals surface area contributed by atoms with Crippen LogP contribution in [0.1, 0.15) is 18.5 Å². The highest BCUT2D eigenvalue weighted by Crippen LogP contribution is 2.03. The number of pyridine rings is 1. The molecule has 1 aromatic rings. The van der Waals surface area contributed by atoms with E-state index in [9.17, 15) is 4.79 Å². The fraction of sp³-hybridized carbons (Fsp3) is 0.500. The van der Waals surface area contributed by atoms with Gasteiger partial charge in [-0.05, 0) is 25.0 Å². The number of amides is 1. The highest BCUT2D eigenvalue weighted by Gasteiger charge is 2.20. The first-order valence-corrected chi connectivity index (χ1v) is 5.77. The number of hydrogen-bond acceptors (Lipinski definition) is 3. The molecule has 0 radical (unpaired) electrons. The molecule has 16 heavy (non-hydrogen) atoms. The Balaban J connectivity index is 1.73. The van der Waals surface area contributed by atoms with Gasteiger partial charge in [-0.15, -0.1) is 0 Å². The van der Waals surface area contributed by atoms with Crippen molar-refractivity contribution in [1.29, 1.82) is 0 Å². The lowest BCUT2D eigenvalue weighted by Gasteiger charge is -2.22. The summed E-state index contributed by atoms with van der Waals surface area (Å²) in [7, 11) is 0. The largest absolute Gasteiger partial charge is 0.355 e. The third kappa shape index (κ3) is 3.03. The molecule has 0 aliphatic carbocycles. The molecular formula is C12H17N3O. The Morgan fingerprint density at radius 2 is 2.44 bits per heavy atom. The molecule has 86 valence electrons. The summed E-state index contributed by atoms with van der Waals surface area (Å²) >= 11 is 0. The maximum Gasteiger partial charge on any atom is 0.237 e. The summed E-state index contributed by atoms with van der Waals surface area (Å²) < 4.78 is 0. The van der Waals surface area contributed by atoms with Gasteiger partial charge in [0.1, 0.15) is 0 Å². The van der Waals surface area contributed by atoms with Gasteiger partial charge in [-0.2, -0.15) is 0 Å². The smallest absolute Gasteiger partial charge is 0.237 e. The third-order valence-electron chi connectivity index (χ3n) is 2.78. The van der Waals surface area contributed by atoms with Crippen molar-refractivity contribution in [1.82, 2.24) is 15.6 Å². The van der Waals surface area contributed by atoms with E-state index in [1.807, 2.05) is 18.2 Å². The lowest BCUT2D eigenvalue weighted by Crippen LogP contribution is -2.48. The average Bonchev–Trinajstić information content (AvgIpc) is 2.33. The van der Waals surface area contributed by atoms with Gasteiger partial charge in [0.05, 0.1) is 6.04 Å². The van der Waals surface area contributed by atoms with E-state index in [4.69, 9.17) is 0 Å². The molecule has 1 unspecified atom stereocenters. The molecule has 1 aromatic heterocycles. The van der Waals surface area contributed by atoms with Gasteiger partial charge in [-0.1, -0.05) is 6.07 Å². The molecule has 2 N–H and O–H groups in total. The SMILES string of the molecule is O=C1NCCCC1NCCc1ccccn1. The maximum atomic E-state index is 11.4. The Kier molecular flexibility index (Phi) is 3.88. The van der Waals surface area contributed by atoms with Gasteiger partial charge in [0.2, 0.25) is 5.91 Å². The Hall–Kier alpha value is -1.42. The number of carbonyl (C=O) groups is 1. The fourth-order valence-corrected chi connectivity index (χ4v) is 1.89. The maximum absolute atomic E-state index is 11.4. The molecule has 0 bridgehead atoms. The van der Waals surface area contributed by atoms with Gasteiger partial charge in [0.25, 0.3) is 0 Å². The van der Waals surface area contributed by atoms with E-state index < -0.39 is 0 Å². The van der Waals surface area contributed by atoms with Crippen LogP contribution in [-0.4, -0.2) is 30.0 Å². The van der Waals surface area contributed by atoms with Gasteiger partial charge >= 0.3 is 0 Å². The molecule has 1 aliphatic rings. The topological polar surface area (TPSA) is 54.0 Å². The Labute approximate surface area is 95.5 Å². The summed E-state index contributed by atoms with van der Waals surface area (Å²) in [5.41, 5.74) is 1.06. The number of carbonyl (C=O) groups excluding carboxylic acids is 1. The molecular weight excluding hydrogens is 202 g/mol. The quantitative estimate of drug-likeness (QED) is 0.775. The molecule has 1 amide bonds. The molecule has 2 rings (SSSR count). The minimum atomic E-state index is -0.0162. The Morgan fingerprint density at radius 1 is 1.50 bits per heavy atom. The van der Waals surface area contributed by atoms with Crippen molar-refractivity contribution in [2.75, 3.05) is 13.1 Å². The van der Waals surface area contributed by atoms with Crippen LogP contribution in [0.3, 0.4) is 0 Å². The molecule has 0 spiro atoms. The zero-order chi connectivity index (χ0) is 11.2. The van der Waals surface area contributed by atoms with Crippen molar-refractivity contribution in [2.24, 2.45) is 0 Å². The van der Waals surface area contributed by atoms with Crippen LogP contribution in [0.2, 0.25) is 0 Å². The van der Waals surface area contributed by atoms with Crippen LogP contribution in [0.5, 0.6) is 0 Å². The molecule has 0 saturated carbocycles. The van der Waals surface area contributed by atoms with Gasteiger partial charge < -0.3 is 10.6 Å². The fourth-order valence-electron chi connectivity index (χ4n) is 1.89. The molecule has 1 fully saturated rings. The van der Waals surface area contributed by atoms with Gasteiger partial charge in [0.15, 0.2) is 0 Å². The van der Waals surface area contributed by atoms with Crippen LogP contribution in [-0.2, 0) is 11.2 Å². The second kappa shape index (κ2) is 5.61. The number of hydrogen-bond donors (Lipinski definition) is 2. The number of aromatic nitrogens is 1. The van der Waals surface area contributed by atoms with E-state index in [0.717, 1.165) is 38.0 Å². The van der Waals surface area contributed by atoms with Crippen molar-refractivity contribution in [3.05, 3.63) is 30.1 Å². The first-order chi connectivity index (χ1) is 7.86. The van der Waals surface area contributed by atoms with E-state index in [1.54, 1.807) is 6.20 Å². The van der Waals surface area contributed by atoms with Gasteiger partial charge in [-0.25, -0.2) is 0 Å². The van der Waals surface area contributed by atoms with Gasteiger partial charge in [0, 0.05) is 31.4 Å². The zero-order valence-corrected chi connectivity index (χ0v) is 9.28. The predicted octanol–water partition coefficient (Wildman–Crippen LogP) is 0.492. The first kappa shape index (κ1) is 11.1. The normalized spacial score (nSPS) is 20.5. The number of rotatable bonds is 4. The van der Waals surface area contributed by atoms with Crippen LogP contribution in [0.15, 0.2) is 24.4 Å². The van der Waals surface area contributed by atoms with Crippen LogP contribution in [0.25, 0.3) is 0 Å². The van der Waals surface area contributed by atoms with E-state index in [0.29, 0.717) is 0 Å². The van der Waals surface area contributed by atoms with E-state index >= 15 is 0 Å². The second-order valence-corrected chi connectivity index (χ2v) is 4.01. The Bertz CT molecular complexity index is 339. The molecule has 0 aromatic carbocycles. The van der Waals surface area contributed by atoms with Crippen molar-refractivity contribution in [3.63, 3.8) is 0 Å². The first-order valence-electron chi connectivity index (χ1n) is 5.77. The standard InChI is InChI=1S/C12H17N3O/c16-12-11(5-3-8-15-12)14-9-6-10-4-1-2-7-13-10/h1-2,4,7,11,14H,3,5-6,8-9H2,(H,15,16). The summed E-state index contributed by atoms with van der Waals surface area (Å²) in [5, 5.41) is 6.13. The second-order valence-electron chi connectivity index (χ2n) is 4.01. The summed E-state index contributed by atoms with van der Waals surface area (Å²) in [6, 6.07) is 5.88. The highest BCUT2D eigenvalue weighted by molar-refractivity contribution is 5.82. The summed E-state index contributed by atoms with van der Waals surface area (Å²) in [4.78, 5) is 15.7. The lowest BCUT2D eigenvalue weighted by atomic mass is 10.1. The monoisotopic (exact) mass is 219 g/mol. The third-order valence-corrected chi connectivity index (χ3v) is 2.78. The Morgan fingerprint density at radius 3 is 3.19 bits per heavy atom. The summed E-state index contributed by atoms with van der Waals surface area (Å²) in [6.45, 7) is 1.62. The molecule has 1 saturated heterocycles. The van der Waals surface area contributed by atoms with Gasteiger partial charge in [-0.3, -0.25) is 9.78 Å². The zero-order valence-electron chi connectivity index (χ0n) is 9.28. The summed E-state index contributed by atoms with van der Waals surface area (Å²) in [6.07, 6.45) is 4.66. The average molecular weight is 219 g/mol. The van der Waals surface area contributed by atoms with Crippen molar-refractivity contribution >= 4 is 5.91 Å². The minimum absolute atomic E-state index is 0.0162. The van der Waals surface area contributed by atoms with E-state index in [2.05, 4.69) is 15.6 Å². The number of piperidine rings is 1. The summed E-state index contributed by atoms with van der Waals surface area (Å²) in [5.74, 6) is 0.132. The van der Waals surface area contributed by atoms with Crippen LogP contribution in [0.4, 0.5) is 0 Å². The van der Waals surface area contributed by atoms with Crippen molar-refractivity contribution in [2.45, 2.75) is 25.3 Å². The van der Waals surface area contributed by atoms with Crippen LogP contribution < -0.4 is 10.6 Å². The molecule has 2 heterocycles. The molecule has 4 heteroatoms. The van der Waals surface area contributed by atoms with E-state index in [-0.39, 0.29) is 11.9 Å². The van der Waals surface area contributed by atoms with Crippen molar-refractivity contribution < 1.29 is 4.79 Å².